The van der Waals surface area contributed by atoms with Crippen LogP contribution in [0.2, 0.25) is 0 Å². The molecule has 0 radical (unpaired) electrons. The molecule has 2 heterocycles. The predicted octanol–water partition coefficient (Wildman–Crippen LogP) is 3.39. The summed E-state index contributed by atoms with van der Waals surface area (Å²) in [5, 5.41) is 9.72. The summed E-state index contributed by atoms with van der Waals surface area (Å²) in [5.41, 5.74) is 1.93. The summed E-state index contributed by atoms with van der Waals surface area (Å²) >= 11 is 3.42. The molecule has 0 saturated heterocycles. The van der Waals surface area contributed by atoms with Gasteiger partial charge in [-0.25, -0.2) is 4.98 Å². The van der Waals surface area contributed by atoms with Crippen LogP contribution in [0.3, 0.4) is 0 Å². The molecule has 0 fully saturated rings. The SMILES string of the molecule is Oc1cccn2c(Cc3ccc(Br)cc3)ncc12. The first kappa shape index (κ1) is 11.3. The Labute approximate surface area is 113 Å². The Kier molecular flexibility index (Phi) is 2.80. The van der Waals surface area contributed by atoms with Crippen molar-refractivity contribution >= 4 is 21.4 Å². The normalized spacial score (nSPS) is 10.9. The number of hydrogen-bond donors (Lipinski definition) is 1. The van der Waals surface area contributed by atoms with Crippen LogP contribution in [0.15, 0.2) is 53.3 Å². The van der Waals surface area contributed by atoms with Crippen LogP contribution in [0, 0.1) is 0 Å². The second kappa shape index (κ2) is 4.46. The van der Waals surface area contributed by atoms with E-state index in [2.05, 4.69) is 33.0 Å². The van der Waals surface area contributed by atoms with E-state index in [1.807, 2.05) is 28.8 Å². The molecule has 0 unspecified atom stereocenters. The van der Waals surface area contributed by atoms with Crippen molar-refractivity contribution in [2.45, 2.75) is 6.42 Å². The predicted molar refractivity (Wildman–Crippen MR) is 73.8 cm³/mol. The van der Waals surface area contributed by atoms with Gasteiger partial charge >= 0.3 is 0 Å². The van der Waals surface area contributed by atoms with Crippen molar-refractivity contribution in [2.75, 3.05) is 0 Å². The van der Waals surface area contributed by atoms with Crippen LogP contribution in [0.25, 0.3) is 5.52 Å². The van der Waals surface area contributed by atoms with E-state index in [1.165, 1.54) is 5.56 Å². The molecule has 1 aromatic carbocycles. The number of aromatic nitrogens is 2. The molecule has 0 bridgehead atoms. The van der Waals surface area contributed by atoms with Crippen molar-refractivity contribution in [1.82, 2.24) is 9.38 Å². The van der Waals surface area contributed by atoms with E-state index in [-0.39, 0.29) is 5.75 Å². The summed E-state index contributed by atoms with van der Waals surface area (Å²) in [5.74, 6) is 1.18. The first-order chi connectivity index (χ1) is 8.74. The highest BCUT2D eigenvalue weighted by molar-refractivity contribution is 9.10. The van der Waals surface area contributed by atoms with Gasteiger partial charge < -0.3 is 9.51 Å². The Morgan fingerprint density at radius 3 is 2.72 bits per heavy atom. The Hall–Kier alpha value is -1.81. The molecular weight excluding hydrogens is 292 g/mol. The van der Waals surface area contributed by atoms with Crippen LogP contribution in [-0.2, 0) is 6.42 Å². The molecule has 0 aliphatic rings. The van der Waals surface area contributed by atoms with Gasteiger partial charge in [0.05, 0.1) is 6.20 Å². The molecule has 3 rings (SSSR count). The zero-order valence-corrected chi connectivity index (χ0v) is 11.1. The Bertz CT molecular complexity index is 689. The average molecular weight is 303 g/mol. The van der Waals surface area contributed by atoms with E-state index < -0.39 is 0 Å². The lowest BCUT2D eigenvalue weighted by Crippen LogP contribution is -1.95. The molecule has 0 atom stereocenters. The van der Waals surface area contributed by atoms with Crippen molar-refractivity contribution in [1.29, 1.82) is 0 Å². The van der Waals surface area contributed by atoms with Gasteiger partial charge in [-0.1, -0.05) is 28.1 Å². The molecule has 3 aromatic rings. The van der Waals surface area contributed by atoms with Gasteiger partial charge in [-0.15, -0.1) is 0 Å². The topological polar surface area (TPSA) is 37.5 Å². The summed E-state index contributed by atoms with van der Waals surface area (Å²) in [6, 6.07) is 11.6. The Balaban J connectivity index is 2.00. The molecule has 0 amide bonds. The number of pyridine rings is 1. The molecule has 0 saturated carbocycles. The summed E-state index contributed by atoms with van der Waals surface area (Å²) in [7, 11) is 0. The maximum atomic E-state index is 9.72. The standard InChI is InChI=1S/C14H11BrN2O/c15-11-5-3-10(4-6-11)8-14-16-9-12-13(18)2-1-7-17(12)14/h1-7,9,18H,8H2. The van der Waals surface area contributed by atoms with Crippen molar-refractivity contribution in [3.8, 4) is 5.75 Å². The lowest BCUT2D eigenvalue weighted by molar-refractivity contribution is 0.479. The minimum absolute atomic E-state index is 0.257. The fraction of sp³-hybridized carbons (Fsp3) is 0.0714. The Morgan fingerprint density at radius 2 is 1.94 bits per heavy atom. The van der Waals surface area contributed by atoms with Crippen LogP contribution in [0.4, 0.5) is 0 Å². The second-order valence-corrected chi connectivity index (χ2v) is 5.04. The van der Waals surface area contributed by atoms with Gasteiger partial charge in [-0.2, -0.15) is 0 Å². The zero-order chi connectivity index (χ0) is 12.5. The fourth-order valence-electron chi connectivity index (χ4n) is 1.98. The van der Waals surface area contributed by atoms with Gasteiger partial charge in [0.1, 0.15) is 17.1 Å². The highest BCUT2D eigenvalue weighted by Crippen LogP contribution is 2.20. The average Bonchev–Trinajstić information content (AvgIpc) is 2.77. The smallest absolute Gasteiger partial charge is 0.141 e. The van der Waals surface area contributed by atoms with Crippen LogP contribution in [0.1, 0.15) is 11.4 Å². The van der Waals surface area contributed by atoms with E-state index in [9.17, 15) is 5.11 Å². The second-order valence-electron chi connectivity index (χ2n) is 4.13. The van der Waals surface area contributed by atoms with E-state index in [0.717, 1.165) is 22.2 Å². The quantitative estimate of drug-likeness (QED) is 0.788. The highest BCUT2D eigenvalue weighted by atomic mass is 79.9. The van der Waals surface area contributed by atoms with E-state index >= 15 is 0 Å². The fourth-order valence-corrected chi connectivity index (χ4v) is 2.24. The van der Waals surface area contributed by atoms with Gasteiger partial charge in [0.25, 0.3) is 0 Å². The maximum Gasteiger partial charge on any atom is 0.141 e. The maximum absolute atomic E-state index is 9.72. The largest absolute Gasteiger partial charge is 0.506 e. The summed E-state index contributed by atoms with van der Waals surface area (Å²) in [4.78, 5) is 4.37. The first-order valence-corrected chi connectivity index (χ1v) is 6.42. The van der Waals surface area contributed by atoms with Crippen LogP contribution >= 0.6 is 15.9 Å². The lowest BCUT2D eigenvalue weighted by atomic mass is 10.1. The molecule has 1 N–H and O–H groups in total. The number of fused-ring (bicyclic) bond motifs is 1. The van der Waals surface area contributed by atoms with Crippen molar-refractivity contribution < 1.29 is 5.11 Å². The third-order valence-electron chi connectivity index (χ3n) is 2.90. The number of halogens is 1. The van der Waals surface area contributed by atoms with E-state index in [4.69, 9.17) is 0 Å². The molecule has 18 heavy (non-hydrogen) atoms. The number of aromatic hydroxyl groups is 1. The van der Waals surface area contributed by atoms with Gasteiger partial charge in [0.2, 0.25) is 0 Å². The van der Waals surface area contributed by atoms with Crippen LogP contribution in [-0.4, -0.2) is 14.5 Å². The van der Waals surface area contributed by atoms with Crippen molar-refractivity contribution in [2.24, 2.45) is 0 Å². The van der Waals surface area contributed by atoms with Gasteiger partial charge in [-0.05, 0) is 29.8 Å². The minimum atomic E-state index is 0.257. The Morgan fingerprint density at radius 1 is 1.17 bits per heavy atom. The third-order valence-corrected chi connectivity index (χ3v) is 3.43. The van der Waals surface area contributed by atoms with Gasteiger partial charge in [0.15, 0.2) is 0 Å². The first-order valence-electron chi connectivity index (χ1n) is 5.62. The van der Waals surface area contributed by atoms with Crippen LogP contribution < -0.4 is 0 Å². The summed E-state index contributed by atoms with van der Waals surface area (Å²) < 4.78 is 2.98. The third kappa shape index (κ3) is 1.99. The summed E-state index contributed by atoms with van der Waals surface area (Å²) in [6.45, 7) is 0. The molecule has 3 nitrogen and oxygen atoms in total. The van der Waals surface area contributed by atoms with E-state index in [0.29, 0.717) is 0 Å². The molecule has 0 aliphatic carbocycles. The van der Waals surface area contributed by atoms with Gasteiger partial charge in [0, 0.05) is 17.1 Å². The summed E-state index contributed by atoms with van der Waals surface area (Å²) in [6.07, 6.45) is 4.35. The van der Waals surface area contributed by atoms with Crippen molar-refractivity contribution in [3.05, 3.63) is 64.7 Å². The molecule has 90 valence electrons. The number of benzene rings is 1. The number of imidazole rings is 1. The lowest BCUT2D eigenvalue weighted by Gasteiger charge is -2.03. The molecular formula is C14H11BrN2O. The molecule has 0 aliphatic heterocycles. The van der Waals surface area contributed by atoms with Gasteiger partial charge in [-0.3, -0.25) is 0 Å². The number of nitrogens with zero attached hydrogens (tertiary/aromatic N) is 2. The number of rotatable bonds is 2. The monoisotopic (exact) mass is 302 g/mol. The highest BCUT2D eigenvalue weighted by Gasteiger charge is 2.07. The van der Waals surface area contributed by atoms with Crippen molar-refractivity contribution in [3.63, 3.8) is 0 Å². The van der Waals surface area contributed by atoms with Crippen LogP contribution in [0.5, 0.6) is 5.75 Å². The molecule has 2 aromatic heterocycles. The minimum Gasteiger partial charge on any atom is -0.506 e. The zero-order valence-electron chi connectivity index (χ0n) is 9.55. The number of hydrogen-bond acceptors (Lipinski definition) is 2. The molecule has 4 heteroatoms. The van der Waals surface area contributed by atoms with E-state index in [1.54, 1.807) is 12.3 Å². The molecule has 0 spiro atoms.